The van der Waals surface area contributed by atoms with Crippen molar-refractivity contribution in [2.24, 2.45) is 5.73 Å². The number of piperidine rings is 1. The highest BCUT2D eigenvalue weighted by Crippen LogP contribution is 2.23. The maximum atomic E-state index is 11.2. The summed E-state index contributed by atoms with van der Waals surface area (Å²) in [6.07, 6.45) is 4.39. The van der Waals surface area contributed by atoms with Crippen LogP contribution in [0.25, 0.3) is 0 Å². The van der Waals surface area contributed by atoms with Gasteiger partial charge in [-0.2, -0.15) is 0 Å². The van der Waals surface area contributed by atoms with Gasteiger partial charge in [-0.05, 0) is 45.3 Å². The average Bonchev–Trinajstić information content (AvgIpc) is 2.67. The molecule has 0 spiro atoms. The Hall–Kier alpha value is -0.0300. The van der Waals surface area contributed by atoms with Gasteiger partial charge in [-0.3, -0.25) is 9.69 Å². The van der Waals surface area contributed by atoms with Gasteiger partial charge in [-0.1, -0.05) is 0 Å². The summed E-state index contributed by atoms with van der Waals surface area (Å²) in [7, 11) is 0. The molecule has 2 rings (SSSR count). The van der Waals surface area contributed by atoms with Crippen LogP contribution in [0.2, 0.25) is 0 Å². The van der Waals surface area contributed by atoms with E-state index in [-0.39, 0.29) is 36.8 Å². The van der Waals surface area contributed by atoms with E-state index in [2.05, 4.69) is 10.2 Å². The number of hydrogen-bond acceptors (Lipinski definition) is 3. The Morgan fingerprint density at radius 1 is 1.19 bits per heavy atom. The van der Waals surface area contributed by atoms with Crippen molar-refractivity contribution in [3.63, 3.8) is 0 Å². The zero-order valence-corrected chi connectivity index (χ0v) is 11.0. The molecule has 2 aliphatic heterocycles. The van der Waals surface area contributed by atoms with Crippen molar-refractivity contribution >= 4 is 30.7 Å². The van der Waals surface area contributed by atoms with Gasteiger partial charge < -0.3 is 11.1 Å². The maximum Gasteiger partial charge on any atom is 0.234 e. The van der Waals surface area contributed by atoms with E-state index in [4.69, 9.17) is 5.73 Å². The minimum absolute atomic E-state index is 0. The number of nitrogens with one attached hydrogen (secondary N) is 1. The molecule has 96 valence electrons. The first kappa shape index (κ1) is 16.0. The summed E-state index contributed by atoms with van der Waals surface area (Å²) >= 11 is 0. The molecule has 16 heavy (non-hydrogen) atoms. The fourth-order valence-corrected chi connectivity index (χ4v) is 2.67. The quantitative estimate of drug-likeness (QED) is 0.769. The van der Waals surface area contributed by atoms with Crippen LogP contribution in [-0.4, -0.2) is 42.5 Å². The smallest absolute Gasteiger partial charge is 0.234 e. The van der Waals surface area contributed by atoms with Crippen molar-refractivity contribution in [2.75, 3.05) is 19.6 Å². The SMILES string of the molecule is Cl.Cl.NC(=O)C1CCCN1C1CCNCC1. The third-order valence-corrected chi connectivity index (χ3v) is 3.40. The molecule has 1 unspecified atom stereocenters. The van der Waals surface area contributed by atoms with Crippen LogP contribution in [0.4, 0.5) is 0 Å². The van der Waals surface area contributed by atoms with Gasteiger partial charge in [0.1, 0.15) is 0 Å². The van der Waals surface area contributed by atoms with Gasteiger partial charge in [-0.15, -0.1) is 24.8 Å². The monoisotopic (exact) mass is 269 g/mol. The molecule has 0 bridgehead atoms. The van der Waals surface area contributed by atoms with Crippen LogP contribution in [0.3, 0.4) is 0 Å². The highest BCUT2D eigenvalue weighted by molar-refractivity contribution is 5.85. The highest BCUT2D eigenvalue weighted by atomic mass is 35.5. The topological polar surface area (TPSA) is 58.4 Å². The Bertz CT molecular complexity index is 222. The lowest BCUT2D eigenvalue weighted by molar-refractivity contribution is -0.123. The van der Waals surface area contributed by atoms with E-state index in [1.807, 2.05) is 0 Å². The Morgan fingerprint density at radius 3 is 2.38 bits per heavy atom. The summed E-state index contributed by atoms with van der Waals surface area (Å²) in [5.41, 5.74) is 5.40. The van der Waals surface area contributed by atoms with Gasteiger partial charge in [0.25, 0.3) is 0 Å². The first-order valence-corrected chi connectivity index (χ1v) is 5.55. The Kier molecular flexibility index (Phi) is 7.31. The second-order valence-electron chi connectivity index (χ2n) is 4.28. The molecule has 4 nitrogen and oxygen atoms in total. The number of primary amides is 1. The van der Waals surface area contributed by atoms with Crippen LogP contribution in [0.15, 0.2) is 0 Å². The maximum absolute atomic E-state index is 11.2. The molecular weight excluding hydrogens is 249 g/mol. The summed E-state index contributed by atoms with van der Waals surface area (Å²) in [6, 6.07) is 0.592. The molecule has 0 saturated carbocycles. The van der Waals surface area contributed by atoms with Crippen LogP contribution in [-0.2, 0) is 4.79 Å². The molecule has 2 fully saturated rings. The third-order valence-electron chi connectivity index (χ3n) is 3.40. The van der Waals surface area contributed by atoms with Gasteiger partial charge in [0.05, 0.1) is 6.04 Å². The summed E-state index contributed by atoms with van der Waals surface area (Å²) in [4.78, 5) is 13.5. The number of nitrogens with zero attached hydrogens (tertiary/aromatic N) is 1. The van der Waals surface area contributed by atoms with Crippen molar-refractivity contribution < 1.29 is 4.79 Å². The van der Waals surface area contributed by atoms with Crippen LogP contribution in [0.5, 0.6) is 0 Å². The molecule has 0 aliphatic carbocycles. The molecule has 2 heterocycles. The first-order chi connectivity index (χ1) is 6.79. The molecule has 3 N–H and O–H groups in total. The number of nitrogens with two attached hydrogens (primary N) is 1. The van der Waals surface area contributed by atoms with E-state index in [0.717, 1.165) is 45.3 Å². The van der Waals surface area contributed by atoms with E-state index in [9.17, 15) is 4.79 Å². The molecule has 6 heteroatoms. The lowest BCUT2D eigenvalue weighted by Crippen LogP contribution is -2.49. The number of rotatable bonds is 2. The summed E-state index contributed by atoms with van der Waals surface area (Å²) < 4.78 is 0. The minimum Gasteiger partial charge on any atom is -0.368 e. The Morgan fingerprint density at radius 2 is 1.81 bits per heavy atom. The number of carbonyl (C=O) groups is 1. The second kappa shape index (κ2) is 7.33. The second-order valence-corrected chi connectivity index (χ2v) is 4.28. The molecule has 0 aromatic heterocycles. The van der Waals surface area contributed by atoms with Crippen LogP contribution in [0, 0.1) is 0 Å². The number of halogens is 2. The summed E-state index contributed by atoms with van der Waals surface area (Å²) in [5.74, 6) is -0.138. The van der Waals surface area contributed by atoms with Gasteiger partial charge in [0.2, 0.25) is 5.91 Å². The molecule has 2 saturated heterocycles. The van der Waals surface area contributed by atoms with Gasteiger partial charge in [-0.25, -0.2) is 0 Å². The predicted octanol–water partition coefficient (Wildman–Crippen LogP) is 0.532. The van der Waals surface area contributed by atoms with E-state index in [1.165, 1.54) is 0 Å². The first-order valence-electron chi connectivity index (χ1n) is 5.55. The van der Waals surface area contributed by atoms with E-state index in [0.29, 0.717) is 6.04 Å². The van der Waals surface area contributed by atoms with E-state index < -0.39 is 0 Å². The number of hydrogen-bond donors (Lipinski definition) is 2. The van der Waals surface area contributed by atoms with Gasteiger partial charge in [0, 0.05) is 6.04 Å². The lowest BCUT2D eigenvalue weighted by Gasteiger charge is -2.34. The van der Waals surface area contributed by atoms with Crippen molar-refractivity contribution in [2.45, 2.75) is 37.8 Å². The fraction of sp³-hybridized carbons (Fsp3) is 0.900. The Labute approximate surface area is 109 Å². The molecule has 2 aliphatic rings. The van der Waals surface area contributed by atoms with Crippen molar-refractivity contribution in [3.8, 4) is 0 Å². The van der Waals surface area contributed by atoms with E-state index >= 15 is 0 Å². The molecular formula is C10H21Cl2N3O. The van der Waals surface area contributed by atoms with Gasteiger partial charge in [0.15, 0.2) is 0 Å². The molecule has 0 aromatic carbocycles. The summed E-state index contributed by atoms with van der Waals surface area (Å²) in [6.45, 7) is 3.21. The Balaban J connectivity index is 0.00000112. The number of carbonyl (C=O) groups excluding carboxylic acids is 1. The van der Waals surface area contributed by atoms with Crippen LogP contribution < -0.4 is 11.1 Å². The lowest BCUT2D eigenvalue weighted by atomic mass is 10.0. The number of amides is 1. The van der Waals surface area contributed by atoms with Crippen molar-refractivity contribution in [1.29, 1.82) is 0 Å². The molecule has 1 amide bonds. The fourth-order valence-electron chi connectivity index (χ4n) is 2.67. The van der Waals surface area contributed by atoms with E-state index in [1.54, 1.807) is 0 Å². The largest absolute Gasteiger partial charge is 0.368 e. The zero-order chi connectivity index (χ0) is 9.97. The van der Waals surface area contributed by atoms with Crippen LogP contribution in [0.1, 0.15) is 25.7 Å². The van der Waals surface area contributed by atoms with Crippen molar-refractivity contribution in [1.82, 2.24) is 10.2 Å². The molecule has 0 radical (unpaired) electrons. The predicted molar refractivity (Wildman–Crippen MR) is 69.3 cm³/mol. The minimum atomic E-state index is -0.138. The third kappa shape index (κ3) is 3.48. The highest BCUT2D eigenvalue weighted by Gasteiger charge is 2.34. The molecule has 1 atom stereocenters. The van der Waals surface area contributed by atoms with Crippen molar-refractivity contribution in [3.05, 3.63) is 0 Å². The van der Waals surface area contributed by atoms with Crippen LogP contribution >= 0.6 is 24.8 Å². The van der Waals surface area contributed by atoms with Gasteiger partial charge >= 0.3 is 0 Å². The summed E-state index contributed by atoms with van der Waals surface area (Å²) in [5, 5.41) is 3.34. The number of likely N-dealkylation sites (tertiary alicyclic amines) is 1. The molecule has 0 aromatic rings. The zero-order valence-electron chi connectivity index (χ0n) is 9.35. The average molecular weight is 270 g/mol. The standard InChI is InChI=1S/C10H19N3O.2ClH/c11-10(14)9-2-1-7-13(9)8-3-5-12-6-4-8;;/h8-9,12H,1-7H2,(H2,11,14);2*1H. The normalized spacial score (nSPS) is 26.9.